The number of benzene rings is 4. The van der Waals surface area contributed by atoms with Crippen molar-refractivity contribution in [2.24, 2.45) is 7.05 Å². The molecule has 0 saturated carbocycles. The molecule has 5 aromatic rings. The summed E-state index contributed by atoms with van der Waals surface area (Å²) in [5, 5.41) is 0.957. The van der Waals surface area contributed by atoms with Gasteiger partial charge in [-0.3, -0.25) is 15.0 Å². The lowest BCUT2D eigenvalue weighted by molar-refractivity contribution is -0.122. The molecule has 1 atom stereocenters. The molecule has 6 rings (SSSR count). The van der Waals surface area contributed by atoms with Gasteiger partial charge < -0.3 is 14.2 Å². The fraction of sp³-hybridized carbons (Fsp3) is 0.125. The van der Waals surface area contributed by atoms with Gasteiger partial charge in [-0.1, -0.05) is 66.7 Å². The van der Waals surface area contributed by atoms with Crippen LogP contribution < -0.4 is 15.0 Å². The highest BCUT2D eigenvalue weighted by Gasteiger charge is 2.41. The first kappa shape index (κ1) is 27.3. The molecule has 0 spiro atoms. The Balaban J connectivity index is 1.37. The van der Waals surface area contributed by atoms with Crippen LogP contribution in [0.15, 0.2) is 108 Å². The third-order valence-corrected chi connectivity index (χ3v) is 8.80. The number of methoxy groups -OCH3 is 1. The van der Waals surface area contributed by atoms with Crippen LogP contribution in [0.5, 0.6) is 5.75 Å². The molecular weight excluding hydrogens is 552 g/mol. The number of fused-ring (bicyclic) bond motifs is 2. The number of carbonyl (C=O) groups excluding carboxylic acids is 2. The van der Waals surface area contributed by atoms with Crippen LogP contribution in [0.2, 0.25) is 0 Å². The van der Waals surface area contributed by atoms with Crippen LogP contribution in [-0.4, -0.2) is 43.4 Å². The van der Waals surface area contributed by atoms with Crippen LogP contribution in [0.4, 0.5) is 0 Å². The number of carbonyl (C=O) groups is 2. The monoisotopic (exact) mass is 580 g/mol. The third kappa shape index (κ3) is 4.70. The summed E-state index contributed by atoms with van der Waals surface area (Å²) in [6.07, 6.45) is 0. The number of sulfonamides is 1. The van der Waals surface area contributed by atoms with E-state index in [0.29, 0.717) is 11.3 Å². The molecule has 0 bridgehead atoms. The van der Waals surface area contributed by atoms with Gasteiger partial charge in [0.05, 0.1) is 23.7 Å². The van der Waals surface area contributed by atoms with Crippen LogP contribution in [0, 0.1) is 0 Å². The Kier molecular flexibility index (Phi) is 7.01. The van der Waals surface area contributed by atoms with Gasteiger partial charge in [0.1, 0.15) is 12.3 Å². The molecule has 2 amide bonds. The second-order valence-electron chi connectivity index (χ2n) is 9.96. The Hall–Kier alpha value is -4.93. The van der Waals surface area contributed by atoms with Crippen LogP contribution >= 0.6 is 0 Å². The minimum Gasteiger partial charge on any atom is -0.497 e. The molecule has 2 N–H and O–H groups in total. The van der Waals surface area contributed by atoms with E-state index in [2.05, 4.69) is 14.8 Å². The van der Waals surface area contributed by atoms with Gasteiger partial charge in [0.15, 0.2) is 0 Å². The normalized spacial score (nSPS) is 14.7. The smallest absolute Gasteiger partial charge is 0.257 e. The van der Waals surface area contributed by atoms with E-state index in [0.717, 1.165) is 33.3 Å². The zero-order valence-electron chi connectivity index (χ0n) is 22.9. The van der Waals surface area contributed by atoms with Gasteiger partial charge in [0.25, 0.3) is 21.8 Å². The zero-order valence-corrected chi connectivity index (χ0v) is 23.8. The van der Waals surface area contributed by atoms with Gasteiger partial charge in [-0.25, -0.2) is 8.42 Å². The number of amides is 2. The lowest BCUT2D eigenvalue weighted by Crippen LogP contribution is -2.47. The van der Waals surface area contributed by atoms with Gasteiger partial charge in [0.2, 0.25) is 0 Å². The summed E-state index contributed by atoms with van der Waals surface area (Å²) in [4.78, 5) is 30.6. The zero-order chi connectivity index (χ0) is 29.4. The van der Waals surface area contributed by atoms with Crippen LogP contribution in [0.1, 0.15) is 27.5 Å². The van der Waals surface area contributed by atoms with Crippen molar-refractivity contribution in [2.45, 2.75) is 10.9 Å². The van der Waals surface area contributed by atoms with Crippen molar-refractivity contribution in [3.05, 3.63) is 120 Å². The Morgan fingerprint density at radius 2 is 1.55 bits per heavy atom. The molecular formula is C32H28N4O5S. The van der Waals surface area contributed by atoms with E-state index in [1.54, 1.807) is 12.1 Å². The lowest BCUT2D eigenvalue weighted by atomic mass is 9.93. The third-order valence-electron chi connectivity index (χ3n) is 7.53. The molecule has 0 radical (unpaired) electrons. The van der Waals surface area contributed by atoms with Gasteiger partial charge in [0, 0.05) is 29.1 Å². The molecule has 1 aromatic heterocycles. The highest BCUT2D eigenvalue weighted by Crippen LogP contribution is 2.46. The average Bonchev–Trinajstić information content (AvgIpc) is 3.46. The molecule has 1 aliphatic rings. The number of rotatable bonds is 8. The maximum absolute atomic E-state index is 13.8. The summed E-state index contributed by atoms with van der Waals surface area (Å²) in [5.41, 5.74) is 7.34. The molecule has 10 heteroatoms. The number of nitrogens with zero attached hydrogens (tertiary/aromatic N) is 2. The Morgan fingerprint density at radius 3 is 2.29 bits per heavy atom. The van der Waals surface area contributed by atoms with Crippen molar-refractivity contribution in [2.75, 3.05) is 13.7 Å². The summed E-state index contributed by atoms with van der Waals surface area (Å²) in [6, 6.07) is 30.4. The summed E-state index contributed by atoms with van der Waals surface area (Å²) in [6.45, 7) is -0.374. The Labute approximate surface area is 243 Å². The first-order chi connectivity index (χ1) is 20.3. The van der Waals surface area contributed by atoms with Crippen molar-refractivity contribution in [1.29, 1.82) is 0 Å². The number of para-hydroxylation sites is 1. The van der Waals surface area contributed by atoms with E-state index in [-0.39, 0.29) is 17.3 Å². The fourth-order valence-corrected chi connectivity index (χ4v) is 6.48. The van der Waals surface area contributed by atoms with Gasteiger partial charge in [-0.15, -0.1) is 4.83 Å². The summed E-state index contributed by atoms with van der Waals surface area (Å²) in [5.74, 6) is -0.491. The van der Waals surface area contributed by atoms with E-state index >= 15 is 0 Å². The molecule has 9 nitrogen and oxygen atoms in total. The van der Waals surface area contributed by atoms with Crippen LogP contribution in [0.25, 0.3) is 22.2 Å². The molecule has 1 aliphatic heterocycles. The first-order valence-electron chi connectivity index (χ1n) is 13.3. The Morgan fingerprint density at radius 1 is 0.881 bits per heavy atom. The van der Waals surface area contributed by atoms with Crippen LogP contribution in [0.3, 0.4) is 0 Å². The SMILES string of the molecule is COc1ccc(S(=O)(=O)NNC(=O)CN2C(=O)c3ccccc3C2c2c(-c3ccccc3)n(C)c3ccccc23)cc1. The number of aromatic nitrogens is 1. The molecule has 4 aromatic carbocycles. The predicted molar refractivity (Wildman–Crippen MR) is 159 cm³/mol. The average molecular weight is 581 g/mol. The number of aryl methyl sites for hydroxylation is 1. The highest BCUT2D eigenvalue weighted by atomic mass is 32.2. The number of hydrazine groups is 1. The van der Waals surface area contributed by atoms with Crippen molar-refractivity contribution in [1.82, 2.24) is 19.7 Å². The molecule has 212 valence electrons. The molecule has 2 heterocycles. The molecule has 42 heavy (non-hydrogen) atoms. The van der Waals surface area contributed by atoms with E-state index in [9.17, 15) is 18.0 Å². The second kappa shape index (κ2) is 10.8. The maximum Gasteiger partial charge on any atom is 0.257 e. The predicted octanol–water partition coefficient (Wildman–Crippen LogP) is 4.41. The van der Waals surface area contributed by atoms with E-state index in [1.807, 2.05) is 73.8 Å². The van der Waals surface area contributed by atoms with Crippen LogP contribution in [-0.2, 0) is 21.9 Å². The highest BCUT2D eigenvalue weighted by molar-refractivity contribution is 7.89. The van der Waals surface area contributed by atoms with E-state index in [1.165, 1.54) is 36.3 Å². The summed E-state index contributed by atoms with van der Waals surface area (Å²) >= 11 is 0. The number of nitrogens with one attached hydrogen (secondary N) is 2. The molecule has 0 aliphatic carbocycles. The quantitative estimate of drug-likeness (QED) is 0.264. The van der Waals surface area contributed by atoms with Crippen molar-refractivity contribution < 1.29 is 22.7 Å². The fourth-order valence-electron chi connectivity index (χ4n) is 5.62. The maximum atomic E-state index is 13.8. The van der Waals surface area contributed by atoms with Gasteiger partial charge in [-0.05, 0) is 47.5 Å². The lowest BCUT2D eigenvalue weighted by Gasteiger charge is -2.26. The topological polar surface area (TPSA) is 110 Å². The Bertz CT molecular complexity index is 1920. The standard InChI is InChI=1S/C32H28N4O5S/c1-35-27-15-9-8-14-26(27)29(30(35)21-10-4-3-5-11-21)31-24-12-6-7-13-25(24)32(38)36(31)20-28(37)33-34-42(39,40)23-18-16-22(41-2)17-19-23/h3-19,31,34H,20H2,1-2H3,(H,33,37). The van der Waals surface area contributed by atoms with Crippen molar-refractivity contribution >= 4 is 32.7 Å². The second-order valence-corrected chi connectivity index (χ2v) is 11.6. The molecule has 0 fully saturated rings. The van der Waals surface area contributed by atoms with Gasteiger partial charge >= 0.3 is 0 Å². The minimum absolute atomic E-state index is 0.0469. The van der Waals surface area contributed by atoms with Crippen molar-refractivity contribution in [3.8, 4) is 17.0 Å². The summed E-state index contributed by atoms with van der Waals surface area (Å²) in [7, 11) is -0.591. The van der Waals surface area contributed by atoms with E-state index in [4.69, 9.17) is 4.74 Å². The minimum atomic E-state index is -4.06. The number of hydrogen-bond donors (Lipinski definition) is 2. The first-order valence-corrected chi connectivity index (χ1v) is 14.8. The molecule has 0 saturated heterocycles. The number of ether oxygens (including phenoxy) is 1. The number of hydrogen-bond acceptors (Lipinski definition) is 5. The summed E-state index contributed by atoms with van der Waals surface area (Å²) < 4.78 is 32.8. The molecule has 1 unspecified atom stereocenters. The van der Waals surface area contributed by atoms with E-state index < -0.39 is 22.0 Å². The van der Waals surface area contributed by atoms with Gasteiger partial charge in [-0.2, -0.15) is 0 Å². The van der Waals surface area contributed by atoms with Crippen molar-refractivity contribution in [3.63, 3.8) is 0 Å². The largest absolute Gasteiger partial charge is 0.497 e.